The Kier molecular flexibility index (Phi) is 2.77. The highest BCUT2D eigenvalue weighted by Crippen LogP contribution is 2.65. The van der Waals surface area contributed by atoms with Gasteiger partial charge in [0.25, 0.3) is 0 Å². The SMILES string of the molecule is CC12CCC(C(=O)OCS(=O)(=O)[O-])(OC1=O)C2(C)C. The lowest BCUT2D eigenvalue weighted by atomic mass is 9.66. The van der Waals surface area contributed by atoms with Crippen LogP contribution in [0.4, 0.5) is 0 Å². The Morgan fingerprint density at radius 3 is 2.32 bits per heavy atom. The van der Waals surface area contributed by atoms with Gasteiger partial charge in [-0.25, -0.2) is 13.2 Å². The first-order chi connectivity index (χ1) is 8.46. The van der Waals surface area contributed by atoms with Crippen molar-refractivity contribution in [2.24, 2.45) is 10.8 Å². The zero-order valence-electron chi connectivity index (χ0n) is 10.9. The molecule has 2 aliphatic rings. The first-order valence-corrected chi connectivity index (χ1v) is 7.38. The smallest absolute Gasteiger partial charge is 0.352 e. The normalized spacial score (nSPS) is 36.1. The van der Waals surface area contributed by atoms with Crippen molar-refractivity contribution in [1.82, 2.24) is 0 Å². The van der Waals surface area contributed by atoms with Crippen LogP contribution < -0.4 is 0 Å². The first kappa shape index (κ1) is 14.3. The van der Waals surface area contributed by atoms with Crippen molar-refractivity contribution in [2.75, 3.05) is 5.94 Å². The molecule has 0 aromatic heterocycles. The molecule has 8 heteroatoms. The molecule has 108 valence electrons. The highest BCUT2D eigenvalue weighted by molar-refractivity contribution is 7.85. The second kappa shape index (κ2) is 3.69. The molecule has 2 unspecified atom stereocenters. The molecule has 1 heterocycles. The van der Waals surface area contributed by atoms with E-state index in [-0.39, 0.29) is 6.42 Å². The van der Waals surface area contributed by atoms with Crippen molar-refractivity contribution in [3.8, 4) is 0 Å². The lowest BCUT2D eigenvalue weighted by molar-refractivity contribution is -0.181. The van der Waals surface area contributed by atoms with Gasteiger partial charge < -0.3 is 14.0 Å². The maximum atomic E-state index is 12.1. The van der Waals surface area contributed by atoms with Crippen molar-refractivity contribution in [2.45, 2.75) is 39.2 Å². The molecular formula is C11H15O7S-. The highest BCUT2D eigenvalue weighted by Gasteiger charge is 2.76. The maximum Gasteiger partial charge on any atom is 0.352 e. The number of rotatable bonds is 3. The van der Waals surface area contributed by atoms with E-state index in [1.165, 1.54) is 0 Å². The summed E-state index contributed by atoms with van der Waals surface area (Å²) in [7, 11) is -4.67. The largest absolute Gasteiger partial charge is 0.745 e. The summed E-state index contributed by atoms with van der Waals surface area (Å²) in [5.74, 6) is -2.71. The van der Waals surface area contributed by atoms with Gasteiger partial charge in [0.05, 0.1) is 5.41 Å². The second-order valence-corrected chi connectivity index (χ2v) is 7.13. The van der Waals surface area contributed by atoms with Crippen LogP contribution in [-0.2, 0) is 29.2 Å². The number of carbonyl (C=O) groups excluding carboxylic acids is 2. The molecule has 1 saturated heterocycles. The van der Waals surface area contributed by atoms with E-state index in [0.717, 1.165) is 0 Å². The number of fused-ring (bicyclic) bond motifs is 2. The highest BCUT2D eigenvalue weighted by atomic mass is 32.2. The fourth-order valence-electron chi connectivity index (χ4n) is 2.94. The lowest BCUT2D eigenvalue weighted by Gasteiger charge is -2.34. The average Bonchev–Trinajstić information content (AvgIpc) is 2.55. The van der Waals surface area contributed by atoms with E-state index in [9.17, 15) is 22.6 Å². The Bertz CT molecular complexity index is 549. The average molecular weight is 291 g/mol. The van der Waals surface area contributed by atoms with Gasteiger partial charge >= 0.3 is 11.9 Å². The van der Waals surface area contributed by atoms with Crippen LogP contribution >= 0.6 is 0 Å². The monoisotopic (exact) mass is 291 g/mol. The molecule has 1 aliphatic carbocycles. The first-order valence-electron chi connectivity index (χ1n) is 5.81. The van der Waals surface area contributed by atoms with Gasteiger partial charge in [0.2, 0.25) is 5.60 Å². The van der Waals surface area contributed by atoms with Crippen molar-refractivity contribution >= 4 is 22.1 Å². The predicted molar refractivity (Wildman–Crippen MR) is 60.6 cm³/mol. The summed E-state index contributed by atoms with van der Waals surface area (Å²) in [6.07, 6.45) is 0.720. The lowest BCUT2D eigenvalue weighted by Crippen LogP contribution is -2.49. The summed E-state index contributed by atoms with van der Waals surface area (Å²) in [5.41, 5.74) is -3.12. The van der Waals surface area contributed by atoms with Crippen molar-refractivity contribution < 1.29 is 32.0 Å². The Balaban J connectivity index is 2.29. The van der Waals surface area contributed by atoms with Crippen LogP contribution in [0.25, 0.3) is 0 Å². The molecule has 0 amide bonds. The second-order valence-electron chi connectivity index (χ2n) is 5.78. The van der Waals surface area contributed by atoms with E-state index in [4.69, 9.17) is 4.74 Å². The van der Waals surface area contributed by atoms with Gasteiger partial charge in [0, 0.05) is 5.41 Å². The molecular weight excluding hydrogens is 276 g/mol. The van der Waals surface area contributed by atoms with Crippen molar-refractivity contribution in [3.05, 3.63) is 0 Å². The molecule has 7 nitrogen and oxygen atoms in total. The van der Waals surface area contributed by atoms with Gasteiger partial charge in [-0.05, 0) is 19.8 Å². The van der Waals surface area contributed by atoms with E-state index in [1.54, 1.807) is 20.8 Å². The molecule has 0 spiro atoms. The third-order valence-electron chi connectivity index (χ3n) is 4.75. The van der Waals surface area contributed by atoms with Crippen LogP contribution in [0.2, 0.25) is 0 Å². The van der Waals surface area contributed by atoms with Crippen LogP contribution in [0, 0.1) is 10.8 Å². The van der Waals surface area contributed by atoms with E-state index < -0.39 is 44.4 Å². The predicted octanol–water partition coefficient (Wildman–Crippen LogP) is 0.154. The van der Waals surface area contributed by atoms with Gasteiger partial charge in [0.15, 0.2) is 5.94 Å². The topological polar surface area (TPSA) is 110 Å². The Hall–Kier alpha value is -1.15. The summed E-state index contributed by atoms with van der Waals surface area (Å²) in [4.78, 5) is 23.9. The fraction of sp³-hybridized carbons (Fsp3) is 0.818. The van der Waals surface area contributed by atoms with Gasteiger partial charge in [0.1, 0.15) is 10.1 Å². The number of ether oxygens (including phenoxy) is 2. The fourth-order valence-corrected chi connectivity index (χ4v) is 3.20. The summed E-state index contributed by atoms with van der Waals surface area (Å²) in [6, 6.07) is 0. The van der Waals surface area contributed by atoms with Crippen LogP contribution in [-0.4, -0.2) is 36.4 Å². The molecule has 2 atom stereocenters. The Labute approximate surface area is 111 Å². The standard InChI is InChI=1S/C11H16O7S/c1-9(2)10(3)4-5-11(9,18-7(10)12)8(13)17-6-19(14,15)16/h4-6H2,1-3H3,(H,14,15,16)/p-1. The van der Waals surface area contributed by atoms with Gasteiger partial charge in [-0.2, -0.15) is 0 Å². The minimum Gasteiger partial charge on any atom is -0.745 e. The molecule has 2 bridgehead atoms. The van der Waals surface area contributed by atoms with Gasteiger partial charge in [-0.1, -0.05) is 13.8 Å². The summed E-state index contributed by atoms with van der Waals surface area (Å²) in [6.45, 7) is 5.12. The van der Waals surface area contributed by atoms with E-state index >= 15 is 0 Å². The van der Waals surface area contributed by atoms with Crippen molar-refractivity contribution in [1.29, 1.82) is 0 Å². The minimum atomic E-state index is -4.67. The minimum absolute atomic E-state index is 0.264. The summed E-state index contributed by atoms with van der Waals surface area (Å²) in [5, 5.41) is 0. The van der Waals surface area contributed by atoms with Crippen LogP contribution in [0.15, 0.2) is 0 Å². The van der Waals surface area contributed by atoms with Crippen LogP contribution in [0.5, 0.6) is 0 Å². The third-order valence-corrected chi connectivity index (χ3v) is 5.15. The molecule has 19 heavy (non-hydrogen) atoms. The van der Waals surface area contributed by atoms with Crippen LogP contribution in [0.1, 0.15) is 33.6 Å². The molecule has 0 aromatic carbocycles. The number of carbonyl (C=O) groups is 2. The van der Waals surface area contributed by atoms with E-state index in [2.05, 4.69) is 4.74 Å². The van der Waals surface area contributed by atoms with Gasteiger partial charge in [-0.3, -0.25) is 4.79 Å². The van der Waals surface area contributed by atoms with Crippen LogP contribution in [0.3, 0.4) is 0 Å². The number of hydrogen-bond acceptors (Lipinski definition) is 7. The molecule has 1 aliphatic heterocycles. The number of hydrogen-bond donors (Lipinski definition) is 0. The number of esters is 2. The van der Waals surface area contributed by atoms with Crippen molar-refractivity contribution in [3.63, 3.8) is 0 Å². The molecule has 1 saturated carbocycles. The zero-order chi connectivity index (χ0) is 14.7. The maximum absolute atomic E-state index is 12.1. The van der Waals surface area contributed by atoms with Gasteiger partial charge in [-0.15, -0.1) is 0 Å². The summed E-state index contributed by atoms with van der Waals surface area (Å²) >= 11 is 0. The Morgan fingerprint density at radius 2 is 1.95 bits per heavy atom. The molecule has 0 radical (unpaired) electrons. The molecule has 0 N–H and O–H groups in total. The third kappa shape index (κ3) is 1.69. The molecule has 2 fully saturated rings. The molecule has 0 aromatic rings. The quantitative estimate of drug-likeness (QED) is 0.537. The zero-order valence-corrected chi connectivity index (χ0v) is 11.7. The summed E-state index contributed by atoms with van der Waals surface area (Å²) < 4.78 is 41.2. The van der Waals surface area contributed by atoms with E-state index in [0.29, 0.717) is 6.42 Å². The van der Waals surface area contributed by atoms with E-state index in [1.807, 2.05) is 0 Å². The Morgan fingerprint density at radius 1 is 1.37 bits per heavy atom. The molecule has 2 rings (SSSR count).